The first kappa shape index (κ1) is 19.1. The fourth-order valence-corrected chi connectivity index (χ4v) is 3.19. The normalized spacial score (nSPS) is 10.8. The first-order valence-corrected chi connectivity index (χ1v) is 9.30. The molecule has 5 nitrogen and oxygen atoms in total. The Kier molecular flexibility index (Phi) is 5.91. The standard InChI is InChI=1S/C21H23ClN4O/c1-14-6-7-18(11-20(14)22)26-16(3)19(15(2)25-26)12-21(27)24-10-8-17-5-4-9-23-13-17/h4-7,9,11,13H,8,10,12H2,1-3H3,(H,24,27). The van der Waals surface area contributed by atoms with Crippen LogP contribution in [-0.4, -0.2) is 27.2 Å². The van der Waals surface area contributed by atoms with Crippen molar-refractivity contribution in [3.63, 3.8) is 0 Å². The summed E-state index contributed by atoms with van der Waals surface area (Å²) < 4.78 is 1.85. The van der Waals surface area contributed by atoms with Gasteiger partial charge in [0.15, 0.2) is 0 Å². The van der Waals surface area contributed by atoms with Crippen LogP contribution < -0.4 is 5.32 Å². The summed E-state index contributed by atoms with van der Waals surface area (Å²) in [6.07, 6.45) is 4.63. The number of carbonyl (C=O) groups is 1. The van der Waals surface area contributed by atoms with E-state index in [9.17, 15) is 4.79 Å². The van der Waals surface area contributed by atoms with E-state index in [1.54, 1.807) is 6.20 Å². The van der Waals surface area contributed by atoms with Crippen LogP contribution >= 0.6 is 11.6 Å². The van der Waals surface area contributed by atoms with Gasteiger partial charge in [0.05, 0.1) is 17.8 Å². The second kappa shape index (κ2) is 8.35. The molecule has 6 heteroatoms. The molecule has 0 aliphatic rings. The van der Waals surface area contributed by atoms with E-state index in [2.05, 4.69) is 15.4 Å². The van der Waals surface area contributed by atoms with E-state index in [-0.39, 0.29) is 5.91 Å². The molecule has 2 heterocycles. The Hall–Kier alpha value is -2.66. The molecule has 3 aromatic rings. The van der Waals surface area contributed by atoms with E-state index in [4.69, 9.17) is 11.6 Å². The Morgan fingerprint density at radius 2 is 2.04 bits per heavy atom. The smallest absolute Gasteiger partial charge is 0.224 e. The van der Waals surface area contributed by atoms with E-state index in [0.717, 1.165) is 40.2 Å². The molecule has 0 fully saturated rings. The van der Waals surface area contributed by atoms with Crippen molar-refractivity contribution >= 4 is 17.5 Å². The zero-order valence-corrected chi connectivity index (χ0v) is 16.5. The van der Waals surface area contributed by atoms with Crippen molar-refractivity contribution in [2.45, 2.75) is 33.6 Å². The van der Waals surface area contributed by atoms with Crippen molar-refractivity contribution in [1.82, 2.24) is 20.1 Å². The van der Waals surface area contributed by atoms with Crippen LogP contribution in [0, 0.1) is 20.8 Å². The van der Waals surface area contributed by atoms with Crippen LogP contribution in [-0.2, 0) is 17.6 Å². The molecule has 0 saturated heterocycles. The van der Waals surface area contributed by atoms with Gasteiger partial charge in [0.1, 0.15) is 0 Å². The minimum atomic E-state index is -0.00780. The molecule has 3 rings (SSSR count). The summed E-state index contributed by atoms with van der Waals surface area (Å²) >= 11 is 6.25. The van der Waals surface area contributed by atoms with E-state index in [0.29, 0.717) is 18.0 Å². The Morgan fingerprint density at radius 1 is 1.22 bits per heavy atom. The van der Waals surface area contributed by atoms with Gasteiger partial charge in [0.2, 0.25) is 5.91 Å². The molecule has 27 heavy (non-hydrogen) atoms. The number of hydrogen-bond donors (Lipinski definition) is 1. The van der Waals surface area contributed by atoms with Crippen molar-refractivity contribution in [2.24, 2.45) is 0 Å². The van der Waals surface area contributed by atoms with Gasteiger partial charge < -0.3 is 5.32 Å². The highest BCUT2D eigenvalue weighted by Crippen LogP contribution is 2.23. The van der Waals surface area contributed by atoms with Crippen molar-refractivity contribution < 1.29 is 4.79 Å². The summed E-state index contributed by atoms with van der Waals surface area (Å²) in [4.78, 5) is 16.5. The van der Waals surface area contributed by atoms with Crippen LogP contribution in [0.2, 0.25) is 5.02 Å². The van der Waals surface area contributed by atoms with Crippen LogP contribution in [0.25, 0.3) is 5.69 Å². The van der Waals surface area contributed by atoms with Gasteiger partial charge in [-0.1, -0.05) is 23.7 Å². The number of halogens is 1. The quantitative estimate of drug-likeness (QED) is 0.706. The second-order valence-electron chi connectivity index (χ2n) is 6.63. The molecule has 0 radical (unpaired) electrons. The average Bonchev–Trinajstić information content (AvgIpc) is 2.93. The number of amides is 1. The first-order valence-electron chi connectivity index (χ1n) is 8.93. The van der Waals surface area contributed by atoms with Crippen molar-refractivity contribution in [3.8, 4) is 5.69 Å². The maximum Gasteiger partial charge on any atom is 0.224 e. The molecule has 0 saturated carbocycles. The molecule has 0 bridgehead atoms. The lowest BCUT2D eigenvalue weighted by molar-refractivity contribution is -0.120. The van der Waals surface area contributed by atoms with Crippen LogP contribution in [0.1, 0.15) is 28.1 Å². The largest absolute Gasteiger partial charge is 0.355 e. The van der Waals surface area contributed by atoms with Gasteiger partial charge in [-0.3, -0.25) is 9.78 Å². The lowest BCUT2D eigenvalue weighted by atomic mass is 10.1. The maximum atomic E-state index is 12.4. The summed E-state index contributed by atoms with van der Waals surface area (Å²) in [7, 11) is 0. The van der Waals surface area contributed by atoms with Crippen molar-refractivity contribution in [2.75, 3.05) is 6.54 Å². The van der Waals surface area contributed by atoms with Gasteiger partial charge in [-0.05, 0) is 56.5 Å². The Bertz CT molecular complexity index is 950. The molecule has 1 amide bonds. The lowest BCUT2D eigenvalue weighted by Crippen LogP contribution is -2.27. The molecule has 0 aliphatic carbocycles. The molecule has 1 N–H and O–H groups in total. The van der Waals surface area contributed by atoms with Gasteiger partial charge in [-0.2, -0.15) is 5.10 Å². The second-order valence-corrected chi connectivity index (χ2v) is 7.04. The molecule has 0 unspecified atom stereocenters. The highest BCUT2D eigenvalue weighted by molar-refractivity contribution is 6.31. The van der Waals surface area contributed by atoms with Crippen LogP contribution in [0.3, 0.4) is 0 Å². The Balaban J connectivity index is 1.67. The molecule has 140 valence electrons. The Labute approximate surface area is 164 Å². The third-order valence-corrected chi connectivity index (χ3v) is 5.04. The van der Waals surface area contributed by atoms with Crippen LogP contribution in [0.15, 0.2) is 42.7 Å². The monoisotopic (exact) mass is 382 g/mol. The minimum absolute atomic E-state index is 0.00780. The number of pyridine rings is 1. The van der Waals surface area contributed by atoms with Gasteiger partial charge in [0, 0.05) is 35.2 Å². The van der Waals surface area contributed by atoms with Crippen LogP contribution in [0.4, 0.5) is 0 Å². The summed E-state index contributed by atoms with van der Waals surface area (Å²) in [6, 6.07) is 9.76. The number of hydrogen-bond acceptors (Lipinski definition) is 3. The van der Waals surface area contributed by atoms with Crippen molar-refractivity contribution in [1.29, 1.82) is 0 Å². The average molecular weight is 383 g/mol. The van der Waals surface area contributed by atoms with Crippen molar-refractivity contribution in [3.05, 3.63) is 75.8 Å². The van der Waals surface area contributed by atoms with E-state index < -0.39 is 0 Å². The molecular formula is C21H23ClN4O. The zero-order valence-electron chi connectivity index (χ0n) is 15.8. The number of benzene rings is 1. The minimum Gasteiger partial charge on any atom is -0.355 e. The first-order chi connectivity index (χ1) is 13.0. The number of aromatic nitrogens is 3. The molecular weight excluding hydrogens is 360 g/mol. The lowest BCUT2D eigenvalue weighted by Gasteiger charge is -2.08. The fraction of sp³-hybridized carbons (Fsp3) is 0.286. The van der Waals surface area contributed by atoms with E-state index in [1.807, 2.05) is 62.0 Å². The highest BCUT2D eigenvalue weighted by Gasteiger charge is 2.16. The summed E-state index contributed by atoms with van der Waals surface area (Å²) in [6.45, 7) is 6.46. The highest BCUT2D eigenvalue weighted by atomic mass is 35.5. The molecule has 2 aromatic heterocycles. The number of rotatable bonds is 6. The molecule has 0 aliphatic heterocycles. The number of nitrogens with zero attached hydrogens (tertiary/aromatic N) is 3. The summed E-state index contributed by atoms with van der Waals surface area (Å²) in [5, 5.41) is 8.28. The summed E-state index contributed by atoms with van der Waals surface area (Å²) in [5.74, 6) is -0.00780. The zero-order chi connectivity index (χ0) is 19.4. The maximum absolute atomic E-state index is 12.4. The number of carbonyl (C=O) groups excluding carboxylic acids is 1. The predicted molar refractivity (Wildman–Crippen MR) is 107 cm³/mol. The third kappa shape index (κ3) is 4.55. The number of aryl methyl sites for hydroxylation is 2. The van der Waals surface area contributed by atoms with Gasteiger partial charge >= 0.3 is 0 Å². The van der Waals surface area contributed by atoms with Gasteiger partial charge in [0.25, 0.3) is 0 Å². The predicted octanol–water partition coefficient (Wildman–Crippen LogP) is 3.75. The molecule has 0 spiro atoms. The molecule has 1 aromatic carbocycles. The SMILES string of the molecule is Cc1ccc(-n2nc(C)c(CC(=O)NCCc3cccnc3)c2C)cc1Cl. The van der Waals surface area contributed by atoms with E-state index in [1.165, 1.54) is 0 Å². The fourth-order valence-electron chi connectivity index (χ4n) is 3.01. The van der Waals surface area contributed by atoms with E-state index >= 15 is 0 Å². The third-order valence-electron chi connectivity index (χ3n) is 4.64. The molecule has 0 atom stereocenters. The van der Waals surface area contributed by atoms with Crippen LogP contribution in [0.5, 0.6) is 0 Å². The summed E-state index contributed by atoms with van der Waals surface area (Å²) in [5.41, 5.74) is 5.78. The van der Waals surface area contributed by atoms with Gasteiger partial charge in [-0.25, -0.2) is 4.68 Å². The Morgan fingerprint density at radius 3 is 2.74 bits per heavy atom. The van der Waals surface area contributed by atoms with Gasteiger partial charge in [-0.15, -0.1) is 0 Å². The number of nitrogens with one attached hydrogen (secondary N) is 1. The topological polar surface area (TPSA) is 59.8 Å².